The van der Waals surface area contributed by atoms with E-state index in [1.54, 1.807) is 0 Å². The molecule has 0 radical (unpaired) electrons. The van der Waals surface area contributed by atoms with Gasteiger partial charge in [-0.1, -0.05) is 19.8 Å². The molecular weight excluding hydrogens is 290 g/mol. The number of rotatable bonds is 2. The second-order valence-corrected chi connectivity index (χ2v) is 7.54. The summed E-state index contributed by atoms with van der Waals surface area (Å²) in [6.45, 7) is 3.02. The van der Waals surface area contributed by atoms with Crippen LogP contribution in [0.1, 0.15) is 45.4 Å². The van der Waals surface area contributed by atoms with Gasteiger partial charge in [0.1, 0.15) is 11.4 Å². The zero-order chi connectivity index (χ0) is 15.0. The first-order valence-electron chi connectivity index (χ1n) is 7.76. The quantitative estimate of drug-likeness (QED) is 0.771. The van der Waals surface area contributed by atoms with Gasteiger partial charge in [0.05, 0.1) is 0 Å². The van der Waals surface area contributed by atoms with Gasteiger partial charge in [0.25, 0.3) is 5.91 Å². The van der Waals surface area contributed by atoms with Crippen molar-refractivity contribution in [3.63, 3.8) is 0 Å². The Hall–Kier alpha value is -0.790. The van der Waals surface area contributed by atoms with Crippen LogP contribution in [0.5, 0.6) is 0 Å². The Bertz CT molecular complexity index is 478. The lowest BCUT2D eigenvalue weighted by Gasteiger charge is -2.35. The molecule has 0 aromatic rings. The minimum absolute atomic E-state index is 0.0348. The summed E-state index contributed by atoms with van der Waals surface area (Å²) in [6.07, 6.45) is 5.53. The maximum absolute atomic E-state index is 12.3. The number of carbonyl (C=O) groups excluding carboxylic acids is 1. The molecule has 1 N–H and O–H groups in total. The molecule has 1 amide bonds. The third-order valence-electron chi connectivity index (χ3n) is 5.16. The van der Waals surface area contributed by atoms with E-state index in [0.29, 0.717) is 31.8 Å². The summed E-state index contributed by atoms with van der Waals surface area (Å²) >= 11 is -2.19. The third kappa shape index (κ3) is 2.91. The highest BCUT2D eigenvalue weighted by Crippen LogP contribution is 2.35. The van der Waals surface area contributed by atoms with E-state index in [1.807, 2.05) is 0 Å². The van der Waals surface area contributed by atoms with Crippen LogP contribution < -0.4 is 5.32 Å². The van der Waals surface area contributed by atoms with Gasteiger partial charge in [-0.05, 0) is 31.6 Å². The molecule has 2 fully saturated rings. The number of amides is 1. The normalized spacial score (nSPS) is 34.6. The minimum Gasteiger partial charge on any atom is -0.760 e. The molecule has 1 saturated carbocycles. The summed E-state index contributed by atoms with van der Waals surface area (Å²) in [5.74, 6) is 1.95. The van der Waals surface area contributed by atoms with Crippen LogP contribution in [-0.2, 0) is 16.1 Å². The van der Waals surface area contributed by atoms with Crippen LogP contribution in [-0.4, -0.2) is 43.4 Å². The zero-order valence-corrected chi connectivity index (χ0v) is 13.2. The third-order valence-corrected chi connectivity index (χ3v) is 5.95. The lowest BCUT2D eigenvalue weighted by atomic mass is 9.82. The van der Waals surface area contributed by atoms with Crippen LogP contribution in [0.15, 0.2) is 4.99 Å². The molecule has 6 nitrogen and oxygen atoms in total. The fourth-order valence-electron chi connectivity index (χ4n) is 3.61. The number of hydrogen-bond donors (Lipinski definition) is 1. The number of nitrogens with zero attached hydrogens (tertiary/aromatic N) is 2. The average Bonchev–Trinajstić information content (AvgIpc) is 2.77. The topological polar surface area (TPSA) is 84.8 Å². The van der Waals surface area contributed by atoms with Crippen LogP contribution in [0.25, 0.3) is 0 Å². The highest BCUT2D eigenvalue weighted by atomic mass is 32.2. The number of carbonyl (C=O) groups is 1. The Labute approximate surface area is 127 Å². The fraction of sp³-hybridized carbons (Fsp3) is 0.857. The summed E-state index contributed by atoms with van der Waals surface area (Å²) in [5.41, 5.74) is -0.714. The van der Waals surface area contributed by atoms with Crippen LogP contribution in [0.2, 0.25) is 0 Å². The smallest absolute Gasteiger partial charge is 0.253 e. The van der Waals surface area contributed by atoms with Crippen molar-refractivity contribution in [2.45, 2.75) is 51.0 Å². The molecule has 3 rings (SSSR count). The molecule has 0 bridgehead atoms. The Balaban J connectivity index is 1.69. The highest BCUT2D eigenvalue weighted by Gasteiger charge is 2.47. The van der Waals surface area contributed by atoms with Gasteiger partial charge in [0.2, 0.25) is 0 Å². The second kappa shape index (κ2) is 5.78. The van der Waals surface area contributed by atoms with Gasteiger partial charge in [0, 0.05) is 30.3 Å². The van der Waals surface area contributed by atoms with Gasteiger partial charge in [-0.25, -0.2) is 4.31 Å². The van der Waals surface area contributed by atoms with Crippen molar-refractivity contribution in [3.8, 4) is 0 Å². The maximum Gasteiger partial charge on any atom is 0.253 e. The SMILES string of the molecule is CC1CCC(C2=NC3(CCN(S(=O)[O-])CC3)C(=O)N2)CC1. The second-order valence-electron chi connectivity index (χ2n) is 6.59. The number of hydrogen-bond acceptors (Lipinski definition) is 4. The van der Waals surface area contributed by atoms with Gasteiger partial charge in [0.15, 0.2) is 0 Å². The van der Waals surface area contributed by atoms with Crippen molar-refractivity contribution in [1.29, 1.82) is 0 Å². The Morgan fingerprint density at radius 3 is 2.48 bits per heavy atom. The fourth-order valence-corrected chi connectivity index (χ4v) is 4.09. The summed E-state index contributed by atoms with van der Waals surface area (Å²) in [6, 6.07) is 0. The zero-order valence-electron chi connectivity index (χ0n) is 12.3. The molecule has 0 aromatic heterocycles. The van der Waals surface area contributed by atoms with Crippen molar-refractivity contribution in [2.75, 3.05) is 13.1 Å². The first-order valence-corrected chi connectivity index (χ1v) is 8.79. The van der Waals surface area contributed by atoms with Gasteiger partial charge in [-0.3, -0.25) is 14.0 Å². The molecule has 1 saturated heterocycles. The molecule has 1 atom stereocenters. The Morgan fingerprint density at radius 2 is 1.90 bits per heavy atom. The van der Waals surface area contributed by atoms with Gasteiger partial charge in [-0.2, -0.15) is 0 Å². The number of aliphatic imine (C=N–C) groups is 1. The molecule has 21 heavy (non-hydrogen) atoms. The summed E-state index contributed by atoms with van der Waals surface area (Å²) in [4.78, 5) is 17.1. The van der Waals surface area contributed by atoms with Crippen LogP contribution in [0, 0.1) is 11.8 Å². The average molecular weight is 312 g/mol. The minimum atomic E-state index is -2.19. The van der Waals surface area contributed by atoms with Crippen molar-refractivity contribution >= 4 is 23.0 Å². The van der Waals surface area contributed by atoms with E-state index < -0.39 is 16.8 Å². The Morgan fingerprint density at radius 1 is 1.29 bits per heavy atom. The lowest BCUT2D eigenvalue weighted by Crippen LogP contribution is -2.49. The lowest BCUT2D eigenvalue weighted by molar-refractivity contribution is -0.125. The van der Waals surface area contributed by atoms with E-state index in [-0.39, 0.29) is 5.91 Å². The van der Waals surface area contributed by atoms with Crippen LogP contribution >= 0.6 is 0 Å². The summed E-state index contributed by atoms with van der Waals surface area (Å²) in [5, 5.41) is 2.98. The molecule has 7 heteroatoms. The van der Waals surface area contributed by atoms with E-state index in [1.165, 1.54) is 17.1 Å². The highest BCUT2D eigenvalue weighted by molar-refractivity contribution is 7.76. The molecule has 0 aromatic carbocycles. The van der Waals surface area contributed by atoms with Gasteiger partial charge >= 0.3 is 0 Å². The molecule has 1 spiro atoms. The molecule has 1 unspecified atom stereocenters. The van der Waals surface area contributed by atoms with Crippen molar-refractivity contribution in [2.24, 2.45) is 16.8 Å². The molecule has 2 aliphatic heterocycles. The van der Waals surface area contributed by atoms with Gasteiger partial charge in [-0.15, -0.1) is 0 Å². The molecule has 1 aliphatic carbocycles. The molecular formula is C14H22N3O3S-. The first kappa shape index (κ1) is 15.1. The van der Waals surface area contributed by atoms with E-state index in [9.17, 15) is 13.6 Å². The Kier molecular flexibility index (Phi) is 4.16. The predicted octanol–water partition coefficient (Wildman–Crippen LogP) is 0.970. The van der Waals surface area contributed by atoms with Crippen molar-refractivity contribution in [3.05, 3.63) is 0 Å². The largest absolute Gasteiger partial charge is 0.760 e. The molecule has 2 heterocycles. The summed E-state index contributed by atoms with van der Waals surface area (Å²) in [7, 11) is 0. The number of nitrogens with one attached hydrogen (secondary N) is 1. The van der Waals surface area contributed by atoms with E-state index >= 15 is 0 Å². The summed E-state index contributed by atoms with van der Waals surface area (Å²) < 4.78 is 23.3. The van der Waals surface area contributed by atoms with Gasteiger partial charge < -0.3 is 9.87 Å². The van der Waals surface area contributed by atoms with E-state index in [0.717, 1.165) is 24.6 Å². The van der Waals surface area contributed by atoms with Crippen molar-refractivity contribution in [1.82, 2.24) is 9.62 Å². The van der Waals surface area contributed by atoms with Crippen LogP contribution in [0.3, 0.4) is 0 Å². The molecule has 118 valence electrons. The molecule has 3 aliphatic rings. The predicted molar refractivity (Wildman–Crippen MR) is 79.2 cm³/mol. The maximum atomic E-state index is 12.3. The van der Waals surface area contributed by atoms with Crippen LogP contribution in [0.4, 0.5) is 0 Å². The first-order chi connectivity index (χ1) is 10.00. The van der Waals surface area contributed by atoms with E-state index in [4.69, 9.17) is 4.99 Å². The monoisotopic (exact) mass is 312 g/mol. The standard InChI is InChI=1S/C14H23N3O3S/c1-10-2-4-11(5-3-10)12-15-13(18)14(16-12)6-8-17(9-7-14)21(19)20/h10-11H,2-9H2,1H3,(H,19,20)(H,15,16,18)/p-1. The number of amidine groups is 1. The van der Waals surface area contributed by atoms with E-state index in [2.05, 4.69) is 12.2 Å². The number of piperidine rings is 1. The van der Waals surface area contributed by atoms with Crippen molar-refractivity contribution < 1.29 is 13.6 Å².